The molecule has 1 rings (SSSR count). The van der Waals surface area contributed by atoms with Crippen molar-refractivity contribution >= 4 is 5.97 Å². The van der Waals surface area contributed by atoms with Crippen molar-refractivity contribution in [1.82, 2.24) is 0 Å². The van der Waals surface area contributed by atoms with Gasteiger partial charge in [0.25, 0.3) is 0 Å². The largest absolute Gasteiger partial charge is 0.462 e. The van der Waals surface area contributed by atoms with Crippen LogP contribution in [0, 0.1) is 11.8 Å². The lowest BCUT2D eigenvalue weighted by atomic mass is 9.94. The molecule has 0 amide bonds. The average Bonchev–Trinajstić information content (AvgIpc) is 2.30. The van der Waals surface area contributed by atoms with Gasteiger partial charge in [0.2, 0.25) is 0 Å². The Labute approximate surface area is 79.1 Å². The molecule has 1 N–H and O–H groups in total. The minimum atomic E-state index is -0.363. The first-order chi connectivity index (χ1) is 6.00. The van der Waals surface area contributed by atoms with E-state index in [-0.39, 0.29) is 30.0 Å². The highest BCUT2D eigenvalue weighted by atomic mass is 16.6. The van der Waals surface area contributed by atoms with Gasteiger partial charge in [-0.25, -0.2) is 0 Å². The van der Waals surface area contributed by atoms with Crippen LogP contribution in [0.2, 0.25) is 0 Å². The number of aliphatic hydroxyl groups is 1. The van der Waals surface area contributed by atoms with Crippen LogP contribution in [0.15, 0.2) is 0 Å². The summed E-state index contributed by atoms with van der Waals surface area (Å²) in [6, 6.07) is 0. The second-order valence-corrected chi connectivity index (χ2v) is 4.26. The van der Waals surface area contributed by atoms with Crippen LogP contribution in [-0.4, -0.2) is 23.3 Å². The predicted octanol–water partition coefficient (Wildman–Crippen LogP) is 1.34. The van der Waals surface area contributed by atoms with Crippen LogP contribution in [0.3, 0.4) is 0 Å². The van der Waals surface area contributed by atoms with Crippen molar-refractivity contribution in [2.45, 2.75) is 45.8 Å². The molecule has 0 radical (unpaired) electrons. The van der Waals surface area contributed by atoms with Gasteiger partial charge in [-0.1, -0.05) is 20.8 Å². The normalized spacial score (nSPS) is 30.7. The van der Waals surface area contributed by atoms with Crippen molar-refractivity contribution < 1.29 is 14.6 Å². The van der Waals surface area contributed by atoms with Gasteiger partial charge in [-0.3, -0.25) is 4.79 Å². The van der Waals surface area contributed by atoms with Crippen molar-refractivity contribution in [2.24, 2.45) is 11.8 Å². The number of cyclic esters (lactones) is 1. The molecule has 3 nitrogen and oxygen atoms in total. The fourth-order valence-electron chi connectivity index (χ4n) is 1.52. The molecule has 1 fully saturated rings. The summed E-state index contributed by atoms with van der Waals surface area (Å²) >= 11 is 0. The molecule has 0 aliphatic carbocycles. The van der Waals surface area contributed by atoms with Crippen molar-refractivity contribution in [2.75, 3.05) is 0 Å². The summed E-state index contributed by atoms with van der Waals surface area (Å²) in [6.07, 6.45) is 0.628. The number of hydrogen-bond acceptors (Lipinski definition) is 3. The summed E-state index contributed by atoms with van der Waals surface area (Å²) < 4.78 is 5.10. The summed E-state index contributed by atoms with van der Waals surface area (Å²) in [5.41, 5.74) is 0. The van der Waals surface area contributed by atoms with Crippen LogP contribution in [0.4, 0.5) is 0 Å². The molecule has 0 bridgehead atoms. The van der Waals surface area contributed by atoms with Crippen molar-refractivity contribution in [3.8, 4) is 0 Å². The standard InChI is InChI=1S/C10H18O3/c1-6(2)8(11)5-9-7(3)4-10(12)13-9/h6-9,11H,4-5H2,1-3H3/t7-,8?,9+/m1/s1. The smallest absolute Gasteiger partial charge is 0.306 e. The maximum atomic E-state index is 10.9. The summed E-state index contributed by atoms with van der Waals surface area (Å²) in [4.78, 5) is 10.9. The van der Waals surface area contributed by atoms with Gasteiger partial charge >= 0.3 is 5.97 Å². The molecule has 76 valence electrons. The van der Waals surface area contributed by atoms with E-state index in [1.54, 1.807) is 0 Å². The molecule has 0 spiro atoms. The molecule has 0 saturated carbocycles. The molecule has 1 unspecified atom stereocenters. The van der Waals surface area contributed by atoms with Crippen LogP contribution in [0.5, 0.6) is 0 Å². The molecule has 1 aliphatic heterocycles. The first-order valence-electron chi connectivity index (χ1n) is 4.88. The van der Waals surface area contributed by atoms with E-state index in [2.05, 4.69) is 0 Å². The zero-order valence-electron chi connectivity index (χ0n) is 8.49. The third-order valence-electron chi connectivity index (χ3n) is 2.65. The lowest BCUT2D eigenvalue weighted by molar-refractivity contribution is -0.142. The highest BCUT2D eigenvalue weighted by Gasteiger charge is 2.33. The van der Waals surface area contributed by atoms with E-state index in [1.807, 2.05) is 20.8 Å². The average molecular weight is 186 g/mol. The molecular formula is C10H18O3. The summed E-state index contributed by atoms with van der Waals surface area (Å²) in [5, 5.41) is 9.60. The monoisotopic (exact) mass is 186 g/mol. The minimum absolute atomic E-state index is 0.0788. The minimum Gasteiger partial charge on any atom is -0.462 e. The molecule has 3 heteroatoms. The van der Waals surface area contributed by atoms with Crippen molar-refractivity contribution in [1.29, 1.82) is 0 Å². The Morgan fingerprint density at radius 3 is 2.62 bits per heavy atom. The zero-order valence-corrected chi connectivity index (χ0v) is 8.49. The molecule has 1 aliphatic rings. The fourth-order valence-corrected chi connectivity index (χ4v) is 1.52. The Hall–Kier alpha value is -0.570. The van der Waals surface area contributed by atoms with E-state index in [0.717, 1.165) is 0 Å². The van der Waals surface area contributed by atoms with Crippen LogP contribution in [-0.2, 0) is 9.53 Å². The van der Waals surface area contributed by atoms with E-state index < -0.39 is 0 Å². The number of ether oxygens (including phenoxy) is 1. The van der Waals surface area contributed by atoms with Crippen molar-refractivity contribution in [3.63, 3.8) is 0 Å². The third kappa shape index (κ3) is 2.69. The quantitative estimate of drug-likeness (QED) is 0.677. The highest BCUT2D eigenvalue weighted by molar-refractivity contribution is 5.71. The molecule has 1 saturated heterocycles. The molecular weight excluding hydrogens is 168 g/mol. The van der Waals surface area contributed by atoms with Crippen LogP contribution in [0.25, 0.3) is 0 Å². The highest BCUT2D eigenvalue weighted by Crippen LogP contribution is 2.26. The summed E-state index contributed by atoms with van der Waals surface area (Å²) in [6.45, 7) is 5.92. The first kappa shape index (κ1) is 10.5. The van der Waals surface area contributed by atoms with E-state index in [1.165, 1.54) is 0 Å². The first-order valence-corrected chi connectivity index (χ1v) is 4.88. The SMILES string of the molecule is CC(C)C(O)C[C@@H]1OC(=O)C[C@H]1C. The molecule has 0 aromatic rings. The molecule has 13 heavy (non-hydrogen) atoms. The number of hydrogen-bond donors (Lipinski definition) is 1. The van der Waals surface area contributed by atoms with E-state index in [4.69, 9.17) is 4.74 Å². The lowest BCUT2D eigenvalue weighted by Crippen LogP contribution is -2.25. The van der Waals surface area contributed by atoms with E-state index in [9.17, 15) is 9.90 Å². The molecule has 1 heterocycles. The Balaban J connectivity index is 2.41. The molecule has 0 aromatic carbocycles. The van der Waals surface area contributed by atoms with Gasteiger partial charge in [-0.15, -0.1) is 0 Å². The van der Waals surface area contributed by atoms with Gasteiger partial charge in [0.15, 0.2) is 0 Å². The van der Waals surface area contributed by atoms with E-state index in [0.29, 0.717) is 12.8 Å². The van der Waals surface area contributed by atoms with Gasteiger partial charge in [-0.05, 0) is 5.92 Å². The maximum absolute atomic E-state index is 10.9. The number of aliphatic hydroxyl groups excluding tert-OH is 1. The second kappa shape index (κ2) is 4.09. The number of rotatable bonds is 3. The number of carbonyl (C=O) groups is 1. The topological polar surface area (TPSA) is 46.5 Å². The predicted molar refractivity (Wildman–Crippen MR) is 49.1 cm³/mol. The fraction of sp³-hybridized carbons (Fsp3) is 0.900. The lowest BCUT2D eigenvalue weighted by Gasteiger charge is -2.20. The van der Waals surface area contributed by atoms with Gasteiger partial charge in [-0.2, -0.15) is 0 Å². The number of carbonyl (C=O) groups excluding carboxylic acids is 1. The molecule has 0 aromatic heterocycles. The summed E-state index contributed by atoms with van der Waals surface area (Å²) in [7, 11) is 0. The van der Waals surface area contributed by atoms with Gasteiger partial charge < -0.3 is 9.84 Å². The van der Waals surface area contributed by atoms with Crippen molar-refractivity contribution in [3.05, 3.63) is 0 Å². The zero-order chi connectivity index (χ0) is 10.0. The molecule has 3 atom stereocenters. The van der Waals surface area contributed by atoms with E-state index >= 15 is 0 Å². The van der Waals surface area contributed by atoms with Gasteiger partial charge in [0.05, 0.1) is 12.5 Å². The second-order valence-electron chi connectivity index (χ2n) is 4.26. The van der Waals surface area contributed by atoms with Crippen LogP contribution in [0.1, 0.15) is 33.6 Å². The van der Waals surface area contributed by atoms with Gasteiger partial charge in [0.1, 0.15) is 6.10 Å². The Morgan fingerprint density at radius 1 is 1.62 bits per heavy atom. The Morgan fingerprint density at radius 2 is 2.23 bits per heavy atom. The Kier molecular flexibility index (Phi) is 3.31. The van der Waals surface area contributed by atoms with Crippen LogP contribution < -0.4 is 0 Å². The van der Waals surface area contributed by atoms with Gasteiger partial charge in [0, 0.05) is 12.3 Å². The third-order valence-corrected chi connectivity index (χ3v) is 2.65. The Bertz CT molecular complexity index is 189. The summed E-state index contributed by atoms with van der Waals surface area (Å²) in [5.74, 6) is 0.348. The number of esters is 1. The van der Waals surface area contributed by atoms with Crippen LogP contribution >= 0.6 is 0 Å². The maximum Gasteiger partial charge on any atom is 0.306 e.